The summed E-state index contributed by atoms with van der Waals surface area (Å²) < 4.78 is 1.17. The van der Waals surface area contributed by atoms with Crippen molar-refractivity contribution in [2.45, 2.75) is 38.8 Å². The van der Waals surface area contributed by atoms with Gasteiger partial charge in [-0.2, -0.15) is 0 Å². The fraction of sp³-hybridized carbons (Fsp3) is 0.333. The average molecular weight is 332 g/mol. The Morgan fingerprint density at radius 3 is 2.30 bits per heavy atom. The van der Waals surface area contributed by atoms with E-state index in [1.54, 1.807) is 0 Å². The molecule has 1 N–H and O–H groups in total. The van der Waals surface area contributed by atoms with Gasteiger partial charge in [0.2, 0.25) is 0 Å². The van der Waals surface area contributed by atoms with Crippen LogP contribution in [0.4, 0.5) is 0 Å². The van der Waals surface area contributed by atoms with Gasteiger partial charge in [-0.05, 0) is 30.5 Å². The Labute approximate surface area is 130 Å². The van der Waals surface area contributed by atoms with Crippen LogP contribution in [-0.4, -0.2) is 0 Å². The molecular weight excluding hydrogens is 310 g/mol. The maximum Gasteiger partial charge on any atom is 0.0325 e. The van der Waals surface area contributed by atoms with E-state index in [-0.39, 0.29) is 0 Å². The van der Waals surface area contributed by atoms with Crippen LogP contribution in [0, 0.1) is 0 Å². The first-order valence-electron chi connectivity index (χ1n) is 7.27. The van der Waals surface area contributed by atoms with Crippen molar-refractivity contribution in [2.24, 2.45) is 0 Å². The Hall–Kier alpha value is -1.12. The van der Waals surface area contributed by atoms with Gasteiger partial charge in [-0.15, -0.1) is 0 Å². The molecule has 2 heteroatoms. The number of nitrogens with one attached hydrogen (secondary N) is 1. The van der Waals surface area contributed by atoms with E-state index in [2.05, 4.69) is 89.7 Å². The van der Waals surface area contributed by atoms with Crippen LogP contribution in [0.25, 0.3) is 0 Å². The average Bonchev–Trinajstić information content (AvgIpc) is 2.48. The summed E-state index contributed by atoms with van der Waals surface area (Å²) in [5.74, 6) is 0. The van der Waals surface area contributed by atoms with Crippen LogP contribution >= 0.6 is 15.9 Å². The van der Waals surface area contributed by atoms with Gasteiger partial charge in [0.15, 0.2) is 0 Å². The van der Waals surface area contributed by atoms with E-state index in [9.17, 15) is 0 Å². The van der Waals surface area contributed by atoms with Crippen LogP contribution in [0.3, 0.4) is 0 Å². The zero-order valence-corrected chi connectivity index (χ0v) is 13.7. The topological polar surface area (TPSA) is 12.0 Å². The molecule has 0 spiro atoms. The molecule has 1 unspecified atom stereocenters. The van der Waals surface area contributed by atoms with Crippen molar-refractivity contribution in [3.05, 3.63) is 70.2 Å². The van der Waals surface area contributed by atoms with Crippen molar-refractivity contribution < 1.29 is 0 Å². The zero-order chi connectivity index (χ0) is 14.4. The Balaban J connectivity index is 2.14. The van der Waals surface area contributed by atoms with E-state index in [1.807, 2.05) is 0 Å². The Morgan fingerprint density at radius 2 is 1.65 bits per heavy atom. The minimum atomic E-state index is 0.322. The summed E-state index contributed by atoms with van der Waals surface area (Å²) in [6.07, 6.45) is 2.33. The first-order chi connectivity index (χ1) is 9.72. The molecule has 0 fully saturated rings. The van der Waals surface area contributed by atoms with Gasteiger partial charge >= 0.3 is 0 Å². The Bertz CT molecular complexity index is 524. The molecule has 0 aliphatic carbocycles. The fourth-order valence-electron chi connectivity index (χ4n) is 2.54. The van der Waals surface area contributed by atoms with Crippen molar-refractivity contribution in [2.75, 3.05) is 0 Å². The van der Waals surface area contributed by atoms with Crippen molar-refractivity contribution in [3.8, 4) is 0 Å². The Kier molecular flexibility index (Phi) is 5.81. The first-order valence-corrected chi connectivity index (χ1v) is 8.07. The summed E-state index contributed by atoms with van der Waals surface area (Å²) in [5, 5.41) is 3.76. The lowest BCUT2D eigenvalue weighted by Crippen LogP contribution is -2.24. The molecule has 2 atom stereocenters. The molecule has 0 aliphatic rings. The predicted octanol–water partition coefficient (Wildman–Crippen LogP) is 5.64. The number of rotatable bonds is 6. The predicted molar refractivity (Wildman–Crippen MR) is 89.8 cm³/mol. The van der Waals surface area contributed by atoms with Crippen LogP contribution in [0.15, 0.2) is 59.1 Å². The largest absolute Gasteiger partial charge is 0.303 e. The summed E-state index contributed by atoms with van der Waals surface area (Å²) in [4.78, 5) is 0. The molecule has 1 nitrogen and oxygen atoms in total. The molecule has 2 rings (SSSR count). The van der Waals surface area contributed by atoms with E-state index in [1.165, 1.54) is 22.0 Å². The van der Waals surface area contributed by atoms with Gasteiger partial charge in [-0.25, -0.2) is 0 Å². The molecule has 2 aromatic carbocycles. The standard InChI is InChI=1S/C18H22BrN/c1-3-9-18(15-10-5-4-6-11-15)20-14(2)16-12-7-8-13-17(16)19/h4-8,10-14,18,20H,3,9H2,1-2H3/t14-,18?/m0/s1. The zero-order valence-electron chi connectivity index (χ0n) is 12.1. The lowest BCUT2D eigenvalue weighted by atomic mass is 10.00. The monoisotopic (exact) mass is 331 g/mol. The van der Waals surface area contributed by atoms with Crippen LogP contribution in [0.1, 0.15) is 49.9 Å². The number of hydrogen-bond donors (Lipinski definition) is 1. The third-order valence-corrected chi connectivity index (χ3v) is 4.32. The van der Waals surface area contributed by atoms with Gasteiger partial charge in [-0.3, -0.25) is 0 Å². The minimum absolute atomic E-state index is 0.322. The van der Waals surface area contributed by atoms with E-state index in [4.69, 9.17) is 0 Å². The first kappa shape index (κ1) is 15.3. The fourth-order valence-corrected chi connectivity index (χ4v) is 3.17. The van der Waals surface area contributed by atoms with E-state index in [0.717, 1.165) is 6.42 Å². The molecular formula is C18H22BrN. The minimum Gasteiger partial charge on any atom is -0.303 e. The van der Waals surface area contributed by atoms with Crippen LogP contribution in [-0.2, 0) is 0 Å². The van der Waals surface area contributed by atoms with Gasteiger partial charge in [0.05, 0.1) is 0 Å². The molecule has 2 aromatic rings. The smallest absolute Gasteiger partial charge is 0.0325 e. The molecule has 0 saturated carbocycles. The summed E-state index contributed by atoms with van der Waals surface area (Å²) in [6, 6.07) is 19.9. The highest BCUT2D eigenvalue weighted by Gasteiger charge is 2.15. The molecule has 0 aliphatic heterocycles. The Morgan fingerprint density at radius 1 is 1.00 bits per heavy atom. The molecule has 0 radical (unpaired) electrons. The number of benzene rings is 2. The second-order valence-corrected chi connectivity index (χ2v) is 6.02. The highest BCUT2D eigenvalue weighted by molar-refractivity contribution is 9.10. The van der Waals surface area contributed by atoms with Gasteiger partial charge in [-0.1, -0.05) is 77.8 Å². The summed E-state index contributed by atoms with van der Waals surface area (Å²) in [7, 11) is 0. The van der Waals surface area contributed by atoms with Gasteiger partial charge in [0, 0.05) is 16.6 Å². The maximum absolute atomic E-state index is 3.76. The van der Waals surface area contributed by atoms with Crippen molar-refractivity contribution in [3.63, 3.8) is 0 Å². The third kappa shape index (κ3) is 3.94. The molecule has 0 heterocycles. The quantitative estimate of drug-likeness (QED) is 0.722. The molecule has 20 heavy (non-hydrogen) atoms. The molecule has 0 saturated heterocycles. The van der Waals surface area contributed by atoms with Crippen LogP contribution < -0.4 is 5.32 Å². The maximum atomic E-state index is 3.76. The van der Waals surface area contributed by atoms with Gasteiger partial charge < -0.3 is 5.32 Å². The summed E-state index contributed by atoms with van der Waals surface area (Å²) in [5.41, 5.74) is 2.68. The molecule has 0 aromatic heterocycles. The molecule has 106 valence electrons. The van der Waals surface area contributed by atoms with E-state index < -0.39 is 0 Å². The van der Waals surface area contributed by atoms with Crippen LogP contribution in [0.2, 0.25) is 0 Å². The summed E-state index contributed by atoms with van der Waals surface area (Å²) in [6.45, 7) is 4.46. The van der Waals surface area contributed by atoms with Gasteiger partial charge in [0.1, 0.15) is 0 Å². The van der Waals surface area contributed by atoms with Gasteiger partial charge in [0.25, 0.3) is 0 Å². The van der Waals surface area contributed by atoms with Crippen molar-refractivity contribution in [1.29, 1.82) is 0 Å². The second-order valence-electron chi connectivity index (χ2n) is 5.16. The third-order valence-electron chi connectivity index (χ3n) is 3.60. The highest BCUT2D eigenvalue weighted by atomic mass is 79.9. The summed E-state index contributed by atoms with van der Waals surface area (Å²) >= 11 is 3.64. The SMILES string of the molecule is CCCC(N[C@@H](C)c1ccccc1Br)c1ccccc1. The van der Waals surface area contributed by atoms with Crippen molar-refractivity contribution in [1.82, 2.24) is 5.32 Å². The lowest BCUT2D eigenvalue weighted by Gasteiger charge is -2.24. The van der Waals surface area contributed by atoms with E-state index in [0.29, 0.717) is 12.1 Å². The van der Waals surface area contributed by atoms with Crippen molar-refractivity contribution >= 4 is 15.9 Å². The normalized spacial score (nSPS) is 13.9. The number of halogens is 1. The van der Waals surface area contributed by atoms with Crippen LogP contribution in [0.5, 0.6) is 0 Å². The second kappa shape index (κ2) is 7.61. The molecule has 0 bridgehead atoms. The lowest BCUT2D eigenvalue weighted by molar-refractivity contribution is 0.439. The molecule has 0 amide bonds. The number of hydrogen-bond acceptors (Lipinski definition) is 1. The van der Waals surface area contributed by atoms with E-state index >= 15 is 0 Å². The highest BCUT2D eigenvalue weighted by Crippen LogP contribution is 2.27.